The Kier molecular flexibility index (Phi) is 5.19. The highest BCUT2D eigenvalue weighted by Crippen LogP contribution is 1.99. The number of aliphatic carboxylic acids is 1. The van der Waals surface area contributed by atoms with Gasteiger partial charge < -0.3 is 10.0 Å². The first kappa shape index (κ1) is 13.2. The third-order valence-electron chi connectivity index (χ3n) is 2.44. The van der Waals surface area contributed by atoms with Crippen molar-refractivity contribution in [2.75, 3.05) is 13.1 Å². The minimum absolute atomic E-state index is 0.0125. The number of hydrogen-bond acceptors (Lipinski definition) is 3. The average molecular weight is 239 g/mol. The van der Waals surface area contributed by atoms with Crippen LogP contribution in [0.25, 0.3) is 0 Å². The van der Waals surface area contributed by atoms with Gasteiger partial charge in [0.25, 0.3) is 0 Å². The molecule has 0 aliphatic carbocycles. The molecule has 1 heterocycles. The highest BCUT2D eigenvalue weighted by Gasteiger charge is 2.12. The van der Waals surface area contributed by atoms with Gasteiger partial charge in [0.05, 0.1) is 6.42 Å². The van der Waals surface area contributed by atoms with E-state index in [9.17, 15) is 9.59 Å². The van der Waals surface area contributed by atoms with Gasteiger partial charge in [-0.05, 0) is 13.0 Å². The quantitative estimate of drug-likeness (QED) is 0.756. The molecule has 0 aliphatic heterocycles. The van der Waals surface area contributed by atoms with Crippen LogP contribution in [-0.4, -0.2) is 44.8 Å². The molecule has 0 saturated carbocycles. The van der Waals surface area contributed by atoms with Crippen LogP contribution >= 0.6 is 0 Å². The molecule has 17 heavy (non-hydrogen) atoms. The Morgan fingerprint density at radius 2 is 2.18 bits per heavy atom. The van der Waals surface area contributed by atoms with Crippen molar-refractivity contribution in [1.29, 1.82) is 0 Å². The standard InChI is InChI=1S/C11H17N3O3/c1-2-13(8-5-11(16)17)10(15)4-9-14-7-3-6-12-14/h3,6-7H,2,4-5,8-9H2,1H3,(H,16,17). The average Bonchev–Trinajstić information content (AvgIpc) is 2.79. The summed E-state index contributed by atoms with van der Waals surface area (Å²) in [6, 6.07) is 1.80. The Bertz CT molecular complexity index is 362. The molecule has 1 amide bonds. The summed E-state index contributed by atoms with van der Waals surface area (Å²) in [4.78, 5) is 23.8. The predicted molar refractivity (Wildman–Crippen MR) is 61.4 cm³/mol. The maximum atomic E-state index is 11.8. The zero-order valence-electron chi connectivity index (χ0n) is 9.87. The lowest BCUT2D eigenvalue weighted by Crippen LogP contribution is -2.33. The molecule has 94 valence electrons. The molecular formula is C11H17N3O3. The highest BCUT2D eigenvalue weighted by atomic mass is 16.4. The van der Waals surface area contributed by atoms with E-state index in [2.05, 4.69) is 5.10 Å². The molecule has 1 aromatic rings. The summed E-state index contributed by atoms with van der Waals surface area (Å²) in [7, 11) is 0. The number of carboxylic acids is 1. The molecule has 6 nitrogen and oxygen atoms in total. The van der Waals surface area contributed by atoms with Crippen molar-refractivity contribution >= 4 is 11.9 Å². The number of carbonyl (C=O) groups is 2. The number of aromatic nitrogens is 2. The lowest BCUT2D eigenvalue weighted by molar-refractivity contribution is -0.138. The summed E-state index contributed by atoms with van der Waals surface area (Å²) in [5.41, 5.74) is 0. The summed E-state index contributed by atoms with van der Waals surface area (Å²) in [6.45, 7) is 3.16. The van der Waals surface area contributed by atoms with Crippen LogP contribution in [0.2, 0.25) is 0 Å². The van der Waals surface area contributed by atoms with Gasteiger partial charge in [-0.25, -0.2) is 0 Å². The molecule has 0 unspecified atom stereocenters. The molecule has 1 aromatic heterocycles. The Labute approximate surface area is 99.8 Å². The maximum Gasteiger partial charge on any atom is 0.305 e. The fourth-order valence-electron chi connectivity index (χ4n) is 1.49. The molecule has 0 saturated heterocycles. The lowest BCUT2D eigenvalue weighted by Gasteiger charge is -2.19. The van der Waals surface area contributed by atoms with Crippen LogP contribution < -0.4 is 0 Å². The van der Waals surface area contributed by atoms with Crippen molar-refractivity contribution in [2.24, 2.45) is 0 Å². The molecule has 0 spiro atoms. The van der Waals surface area contributed by atoms with Crippen molar-refractivity contribution in [2.45, 2.75) is 26.3 Å². The van der Waals surface area contributed by atoms with Gasteiger partial charge in [0, 0.05) is 38.4 Å². The zero-order valence-corrected chi connectivity index (χ0v) is 9.87. The van der Waals surface area contributed by atoms with Gasteiger partial charge in [0.1, 0.15) is 0 Å². The Balaban J connectivity index is 2.35. The van der Waals surface area contributed by atoms with Crippen molar-refractivity contribution in [3.8, 4) is 0 Å². The van der Waals surface area contributed by atoms with E-state index in [0.29, 0.717) is 19.5 Å². The molecular weight excluding hydrogens is 222 g/mol. The van der Waals surface area contributed by atoms with Gasteiger partial charge in [0.15, 0.2) is 0 Å². The highest BCUT2D eigenvalue weighted by molar-refractivity contribution is 5.76. The van der Waals surface area contributed by atoms with Crippen LogP contribution in [0.4, 0.5) is 0 Å². The van der Waals surface area contributed by atoms with E-state index >= 15 is 0 Å². The second-order valence-electron chi connectivity index (χ2n) is 3.64. The van der Waals surface area contributed by atoms with E-state index in [1.54, 1.807) is 28.0 Å². The maximum absolute atomic E-state index is 11.8. The Morgan fingerprint density at radius 1 is 1.41 bits per heavy atom. The first-order valence-corrected chi connectivity index (χ1v) is 5.60. The second-order valence-corrected chi connectivity index (χ2v) is 3.64. The zero-order chi connectivity index (χ0) is 12.7. The topological polar surface area (TPSA) is 75.4 Å². The van der Waals surface area contributed by atoms with Crippen molar-refractivity contribution in [3.63, 3.8) is 0 Å². The monoisotopic (exact) mass is 239 g/mol. The van der Waals surface area contributed by atoms with E-state index in [0.717, 1.165) is 0 Å². The first-order valence-electron chi connectivity index (χ1n) is 5.60. The minimum Gasteiger partial charge on any atom is -0.481 e. The summed E-state index contributed by atoms with van der Waals surface area (Å²) in [6.07, 6.45) is 3.78. The number of carbonyl (C=O) groups excluding carboxylic acids is 1. The van der Waals surface area contributed by atoms with E-state index in [-0.39, 0.29) is 18.9 Å². The van der Waals surface area contributed by atoms with Gasteiger partial charge in [-0.15, -0.1) is 0 Å². The molecule has 1 rings (SSSR count). The molecule has 0 radical (unpaired) electrons. The molecule has 6 heteroatoms. The number of aryl methyl sites for hydroxylation is 1. The van der Waals surface area contributed by atoms with E-state index in [4.69, 9.17) is 5.11 Å². The minimum atomic E-state index is -0.886. The van der Waals surface area contributed by atoms with E-state index in [1.165, 1.54) is 0 Å². The van der Waals surface area contributed by atoms with Crippen LogP contribution in [0.5, 0.6) is 0 Å². The molecule has 0 aliphatic rings. The van der Waals surface area contributed by atoms with Gasteiger partial charge in [0.2, 0.25) is 5.91 Å². The number of nitrogens with zero attached hydrogens (tertiary/aromatic N) is 3. The molecule has 0 atom stereocenters. The number of rotatable bonds is 7. The van der Waals surface area contributed by atoms with Gasteiger partial charge in [-0.2, -0.15) is 5.10 Å². The van der Waals surface area contributed by atoms with Gasteiger partial charge >= 0.3 is 5.97 Å². The van der Waals surface area contributed by atoms with Crippen LogP contribution in [0, 0.1) is 0 Å². The van der Waals surface area contributed by atoms with Gasteiger partial charge in [-0.1, -0.05) is 0 Å². The number of carboxylic acid groups (broad SMARTS) is 1. The van der Waals surface area contributed by atoms with E-state index < -0.39 is 5.97 Å². The summed E-state index contributed by atoms with van der Waals surface area (Å²) < 4.78 is 1.68. The molecule has 0 fully saturated rings. The van der Waals surface area contributed by atoms with Gasteiger partial charge in [-0.3, -0.25) is 14.3 Å². The number of hydrogen-bond donors (Lipinski definition) is 1. The van der Waals surface area contributed by atoms with Crippen molar-refractivity contribution in [1.82, 2.24) is 14.7 Å². The summed E-state index contributed by atoms with van der Waals surface area (Å²) >= 11 is 0. The molecule has 0 aromatic carbocycles. The van der Waals surface area contributed by atoms with Crippen molar-refractivity contribution < 1.29 is 14.7 Å². The van der Waals surface area contributed by atoms with Crippen LogP contribution in [-0.2, 0) is 16.1 Å². The second kappa shape index (κ2) is 6.67. The van der Waals surface area contributed by atoms with Crippen LogP contribution in [0.15, 0.2) is 18.5 Å². The smallest absolute Gasteiger partial charge is 0.305 e. The summed E-state index contributed by atoms with van der Waals surface area (Å²) in [5, 5.41) is 12.6. The third kappa shape index (κ3) is 4.67. The fraction of sp³-hybridized carbons (Fsp3) is 0.545. The largest absolute Gasteiger partial charge is 0.481 e. The lowest BCUT2D eigenvalue weighted by atomic mass is 10.3. The Morgan fingerprint density at radius 3 is 2.71 bits per heavy atom. The molecule has 1 N–H and O–H groups in total. The SMILES string of the molecule is CCN(CCC(=O)O)C(=O)CCn1cccn1. The molecule has 0 bridgehead atoms. The Hall–Kier alpha value is -1.85. The van der Waals surface area contributed by atoms with E-state index in [1.807, 2.05) is 6.92 Å². The normalized spacial score (nSPS) is 10.2. The first-order chi connectivity index (χ1) is 8.13. The van der Waals surface area contributed by atoms with Crippen LogP contribution in [0.3, 0.4) is 0 Å². The van der Waals surface area contributed by atoms with Crippen LogP contribution in [0.1, 0.15) is 19.8 Å². The summed E-state index contributed by atoms with van der Waals surface area (Å²) in [5.74, 6) is -0.924. The number of amides is 1. The van der Waals surface area contributed by atoms with Crippen molar-refractivity contribution in [3.05, 3.63) is 18.5 Å². The fourth-order valence-corrected chi connectivity index (χ4v) is 1.49. The predicted octanol–water partition coefficient (Wildman–Crippen LogP) is 0.596. The third-order valence-corrected chi connectivity index (χ3v) is 2.44.